The fourth-order valence-electron chi connectivity index (χ4n) is 2.85. The first kappa shape index (κ1) is 14.2. The van der Waals surface area contributed by atoms with E-state index >= 15 is 0 Å². The number of pyridine rings is 1. The van der Waals surface area contributed by atoms with E-state index < -0.39 is 0 Å². The molecule has 1 aliphatic rings. The number of aryl methyl sites for hydroxylation is 1. The zero-order chi connectivity index (χ0) is 14.2. The van der Waals surface area contributed by atoms with Crippen molar-refractivity contribution in [2.75, 3.05) is 0 Å². The molecule has 1 aromatic rings. The molecule has 0 unspecified atom stereocenters. The molecule has 0 spiro atoms. The predicted molar refractivity (Wildman–Crippen MR) is 78.8 cm³/mol. The number of carbonyl (C=O) groups is 1. The number of rotatable bonds is 3. The van der Waals surface area contributed by atoms with Crippen LogP contribution in [0.3, 0.4) is 0 Å². The summed E-state index contributed by atoms with van der Waals surface area (Å²) in [5, 5.41) is 0. The van der Waals surface area contributed by atoms with Crippen molar-refractivity contribution in [2.45, 2.75) is 66.2 Å². The summed E-state index contributed by atoms with van der Waals surface area (Å²) in [7, 11) is 0. The highest BCUT2D eigenvalue weighted by Crippen LogP contribution is 2.35. The molecule has 0 aromatic carbocycles. The Labute approximate surface area is 116 Å². The molecule has 0 N–H and O–H groups in total. The van der Waals surface area contributed by atoms with Crippen molar-refractivity contribution in [3.05, 3.63) is 28.6 Å². The van der Waals surface area contributed by atoms with Gasteiger partial charge in [-0.1, -0.05) is 34.6 Å². The molecule has 0 saturated carbocycles. The molecular formula is C17H25NO. The minimum Gasteiger partial charge on any atom is -0.294 e. The maximum absolute atomic E-state index is 12.1. The summed E-state index contributed by atoms with van der Waals surface area (Å²) in [6, 6.07) is 2.12. The van der Waals surface area contributed by atoms with Crippen LogP contribution in [0.25, 0.3) is 0 Å². The summed E-state index contributed by atoms with van der Waals surface area (Å²) in [6.45, 7) is 10.8. The smallest absolute Gasteiger partial charge is 0.164 e. The maximum atomic E-state index is 12.1. The average molecular weight is 259 g/mol. The van der Waals surface area contributed by atoms with Crippen molar-refractivity contribution in [2.24, 2.45) is 5.41 Å². The topological polar surface area (TPSA) is 30.0 Å². The van der Waals surface area contributed by atoms with Crippen LogP contribution in [-0.4, -0.2) is 10.8 Å². The average Bonchev–Trinajstić information content (AvgIpc) is 2.35. The van der Waals surface area contributed by atoms with E-state index in [0.717, 1.165) is 24.1 Å². The number of aromatic nitrogens is 1. The van der Waals surface area contributed by atoms with Gasteiger partial charge in [0.15, 0.2) is 5.78 Å². The van der Waals surface area contributed by atoms with Crippen molar-refractivity contribution < 1.29 is 4.79 Å². The lowest BCUT2D eigenvalue weighted by molar-refractivity contribution is 0.0986. The monoisotopic (exact) mass is 259 g/mol. The van der Waals surface area contributed by atoms with Crippen LogP contribution in [-0.2, 0) is 12.8 Å². The highest BCUT2D eigenvalue weighted by molar-refractivity contribution is 5.97. The molecular weight excluding hydrogens is 234 g/mol. The fourth-order valence-corrected chi connectivity index (χ4v) is 2.85. The van der Waals surface area contributed by atoms with Crippen molar-refractivity contribution in [3.63, 3.8) is 0 Å². The van der Waals surface area contributed by atoms with Crippen molar-refractivity contribution in [1.29, 1.82) is 0 Å². The normalized spacial score (nSPS) is 17.4. The van der Waals surface area contributed by atoms with Gasteiger partial charge in [0.2, 0.25) is 0 Å². The zero-order valence-electron chi connectivity index (χ0n) is 12.8. The second-order valence-corrected chi connectivity index (χ2v) is 6.80. The first-order valence-corrected chi connectivity index (χ1v) is 7.40. The van der Waals surface area contributed by atoms with Gasteiger partial charge in [-0.3, -0.25) is 9.78 Å². The van der Waals surface area contributed by atoms with Crippen LogP contribution in [0, 0.1) is 5.41 Å². The quantitative estimate of drug-likeness (QED) is 0.757. The molecule has 1 aliphatic carbocycles. The molecule has 1 aromatic heterocycles. The molecule has 0 aliphatic heterocycles. The molecule has 0 amide bonds. The van der Waals surface area contributed by atoms with Crippen LogP contribution in [0.1, 0.15) is 80.7 Å². The zero-order valence-corrected chi connectivity index (χ0v) is 12.8. The molecule has 0 fully saturated rings. The van der Waals surface area contributed by atoms with E-state index in [2.05, 4.69) is 33.8 Å². The Morgan fingerprint density at radius 3 is 2.68 bits per heavy atom. The second-order valence-electron chi connectivity index (χ2n) is 6.80. The van der Waals surface area contributed by atoms with Gasteiger partial charge in [-0.2, -0.15) is 0 Å². The Balaban J connectivity index is 2.51. The number of fused-ring (bicyclic) bond motifs is 1. The summed E-state index contributed by atoms with van der Waals surface area (Å²) >= 11 is 0. The number of hydrogen-bond acceptors (Lipinski definition) is 2. The van der Waals surface area contributed by atoms with E-state index in [4.69, 9.17) is 4.98 Å². The molecule has 2 rings (SSSR count). The van der Waals surface area contributed by atoms with Gasteiger partial charge in [0.05, 0.1) is 5.69 Å². The Bertz CT molecular complexity index is 500. The van der Waals surface area contributed by atoms with Crippen LogP contribution >= 0.6 is 0 Å². The van der Waals surface area contributed by atoms with Crippen LogP contribution in [0.5, 0.6) is 0 Å². The number of nitrogens with zero attached hydrogens (tertiary/aromatic N) is 1. The van der Waals surface area contributed by atoms with Gasteiger partial charge in [0.1, 0.15) is 0 Å². The summed E-state index contributed by atoms with van der Waals surface area (Å²) in [5.74, 6) is 0.532. The SMILES string of the molecule is CCC(=O)c1cc2c(nc1C(C)C)CC(C)(C)CC2. The first-order valence-electron chi connectivity index (χ1n) is 7.40. The van der Waals surface area contributed by atoms with Crippen molar-refractivity contribution >= 4 is 5.78 Å². The standard InChI is InChI=1S/C17H25NO/c1-6-15(19)13-9-12-7-8-17(4,5)10-14(12)18-16(13)11(2)3/h9,11H,6-8,10H2,1-5H3. The van der Waals surface area contributed by atoms with E-state index in [1.54, 1.807) is 0 Å². The summed E-state index contributed by atoms with van der Waals surface area (Å²) in [5.41, 5.74) is 4.69. The second kappa shape index (κ2) is 5.07. The lowest BCUT2D eigenvalue weighted by atomic mass is 9.75. The van der Waals surface area contributed by atoms with Crippen LogP contribution in [0.2, 0.25) is 0 Å². The largest absolute Gasteiger partial charge is 0.294 e. The number of hydrogen-bond donors (Lipinski definition) is 0. The predicted octanol–water partition coefficient (Wildman–Crippen LogP) is 4.31. The van der Waals surface area contributed by atoms with Crippen LogP contribution in [0.4, 0.5) is 0 Å². The van der Waals surface area contributed by atoms with Gasteiger partial charge in [-0.15, -0.1) is 0 Å². The maximum Gasteiger partial charge on any atom is 0.164 e. The van der Waals surface area contributed by atoms with Gasteiger partial charge < -0.3 is 0 Å². The Morgan fingerprint density at radius 1 is 1.42 bits per heavy atom. The van der Waals surface area contributed by atoms with Crippen LogP contribution < -0.4 is 0 Å². The molecule has 0 radical (unpaired) electrons. The van der Waals surface area contributed by atoms with Crippen LogP contribution in [0.15, 0.2) is 6.07 Å². The van der Waals surface area contributed by atoms with Gasteiger partial charge in [0, 0.05) is 17.7 Å². The van der Waals surface area contributed by atoms with Gasteiger partial charge in [-0.05, 0) is 42.2 Å². The summed E-state index contributed by atoms with van der Waals surface area (Å²) in [6.07, 6.45) is 3.83. The number of ketones is 1. The number of carbonyl (C=O) groups excluding carboxylic acids is 1. The molecule has 104 valence electrons. The highest BCUT2D eigenvalue weighted by Gasteiger charge is 2.28. The fraction of sp³-hybridized carbons (Fsp3) is 0.647. The summed E-state index contributed by atoms with van der Waals surface area (Å²) < 4.78 is 0. The Morgan fingerprint density at radius 2 is 2.11 bits per heavy atom. The lowest BCUT2D eigenvalue weighted by Gasteiger charge is -2.31. The van der Waals surface area contributed by atoms with E-state index in [-0.39, 0.29) is 5.78 Å². The van der Waals surface area contributed by atoms with E-state index in [1.165, 1.54) is 17.7 Å². The van der Waals surface area contributed by atoms with Gasteiger partial charge in [-0.25, -0.2) is 0 Å². The third-order valence-electron chi connectivity index (χ3n) is 4.11. The molecule has 2 nitrogen and oxygen atoms in total. The number of Topliss-reactive ketones (excluding diaryl/α,β-unsaturated/α-hetero) is 1. The van der Waals surface area contributed by atoms with E-state index in [0.29, 0.717) is 17.8 Å². The molecule has 0 saturated heterocycles. The molecule has 2 heteroatoms. The first-order chi connectivity index (χ1) is 8.84. The summed E-state index contributed by atoms with van der Waals surface area (Å²) in [4.78, 5) is 17.0. The molecule has 0 atom stereocenters. The molecule has 19 heavy (non-hydrogen) atoms. The minimum absolute atomic E-state index is 0.226. The molecule has 0 bridgehead atoms. The third kappa shape index (κ3) is 2.88. The van der Waals surface area contributed by atoms with Gasteiger partial charge in [0.25, 0.3) is 0 Å². The Kier molecular flexibility index (Phi) is 3.80. The van der Waals surface area contributed by atoms with E-state index in [9.17, 15) is 4.79 Å². The molecule has 1 heterocycles. The highest BCUT2D eigenvalue weighted by atomic mass is 16.1. The lowest BCUT2D eigenvalue weighted by Crippen LogP contribution is -2.24. The van der Waals surface area contributed by atoms with Gasteiger partial charge >= 0.3 is 0 Å². The minimum atomic E-state index is 0.226. The van der Waals surface area contributed by atoms with Crippen molar-refractivity contribution in [1.82, 2.24) is 4.98 Å². The Hall–Kier alpha value is -1.18. The third-order valence-corrected chi connectivity index (χ3v) is 4.11. The van der Waals surface area contributed by atoms with E-state index in [1.807, 2.05) is 6.92 Å². The van der Waals surface area contributed by atoms with Crippen molar-refractivity contribution in [3.8, 4) is 0 Å².